The first-order valence-electron chi connectivity index (χ1n) is 6.65. The Hall–Kier alpha value is -2.31. The predicted molar refractivity (Wildman–Crippen MR) is 75.4 cm³/mol. The van der Waals surface area contributed by atoms with E-state index in [4.69, 9.17) is 0 Å². The van der Waals surface area contributed by atoms with Gasteiger partial charge in [-0.05, 0) is 29.2 Å². The van der Waals surface area contributed by atoms with Crippen LogP contribution in [0.25, 0.3) is 0 Å². The zero-order valence-electron chi connectivity index (χ0n) is 12.1. The minimum Gasteiger partial charge on any atom is -0.406 e. The van der Waals surface area contributed by atoms with Crippen LogP contribution in [0.4, 0.5) is 19.0 Å². The Morgan fingerprint density at radius 1 is 1.27 bits per heavy atom. The number of alkyl halides is 3. The Bertz CT molecular complexity index is 615. The molecule has 2 aromatic rings. The number of hydrogen-bond donors (Lipinski definition) is 1. The van der Waals surface area contributed by atoms with Crippen LogP contribution < -0.4 is 10.1 Å². The molecule has 0 aliphatic rings. The van der Waals surface area contributed by atoms with Crippen molar-refractivity contribution in [1.29, 1.82) is 0 Å². The number of anilines is 1. The van der Waals surface area contributed by atoms with Gasteiger partial charge in [0.15, 0.2) is 0 Å². The van der Waals surface area contributed by atoms with Gasteiger partial charge in [0, 0.05) is 6.54 Å². The van der Waals surface area contributed by atoms with E-state index in [1.165, 1.54) is 24.5 Å². The largest absolute Gasteiger partial charge is 0.573 e. The topological polar surface area (TPSA) is 47.0 Å². The van der Waals surface area contributed by atoms with E-state index in [9.17, 15) is 13.2 Å². The highest BCUT2D eigenvalue weighted by molar-refractivity contribution is 5.39. The number of benzene rings is 1. The minimum atomic E-state index is -4.71. The van der Waals surface area contributed by atoms with Crippen molar-refractivity contribution in [3.63, 3.8) is 0 Å². The van der Waals surface area contributed by atoms with Crippen molar-refractivity contribution < 1.29 is 17.9 Å². The Kier molecular flexibility index (Phi) is 4.85. The fraction of sp³-hybridized carbons (Fsp3) is 0.333. The third-order valence-corrected chi connectivity index (χ3v) is 2.89. The maximum atomic E-state index is 12.4. The summed E-state index contributed by atoms with van der Waals surface area (Å²) in [4.78, 5) is 7.78. The van der Waals surface area contributed by atoms with E-state index in [0.717, 1.165) is 5.56 Å². The molecule has 0 spiro atoms. The van der Waals surface area contributed by atoms with Crippen LogP contribution in [0.15, 0.2) is 30.6 Å². The number of nitrogens with one attached hydrogen (secondary N) is 1. The van der Waals surface area contributed by atoms with Crippen molar-refractivity contribution >= 4 is 5.82 Å². The molecule has 1 aromatic heterocycles. The second-order valence-corrected chi connectivity index (χ2v) is 5.00. The van der Waals surface area contributed by atoms with Gasteiger partial charge in [0.1, 0.15) is 17.8 Å². The van der Waals surface area contributed by atoms with Gasteiger partial charge in [-0.25, -0.2) is 9.97 Å². The molecule has 1 N–H and O–H groups in total. The molecule has 117 valence electrons. The SMILES string of the molecule is CC(C)c1cc(CNc2cn[c]cn2)cc(OC(F)(F)F)c1. The van der Waals surface area contributed by atoms with Crippen LogP contribution in [0.2, 0.25) is 0 Å². The van der Waals surface area contributed by atoms with Crippen molar-refractivity contribution in [3.8, 4) is 5.75 Å². The van der Waals surface area contributed by atoms with Gasteiger partial charge in [-0.15, -0.1) is 13.2 Å². The Labute approximate surface area is 126 Å². The normalized spacial score (nSPS) is 11.5. The Balaban J connectivity index is 2.18. The second-order valence-electron chi connectivity index (χ2n) is 5.00. The molecule has 0 atom stereocenters. The van der Waals surface area contributed by atoms with Gasteiger partial charge >= 0.3 is 6.36 Å². The molecule has 0 unspecified atom stereocenters. The summed E-state index contributed by atoms with van der Waals surface area (Å²) in [7, 11) is 0. The first kappa shape index (κ1) is 16.1. The number of ether oxygens (including phenoxy) is 1. The zero-order valence-corrected chi connectivity index (χ0v) is 12.1. The molecule has 1 radical (unpaired) electrons. The van der Waals surface area contributed by atoms with E-state index in [1.807, 2.05) is 19.9 Å². The highest BCUT2D eigenvalue weighted by Crippen LogP contribution is 2.28. The first-order chi connectivity index (χ1) is 10.3. The van der Waals surface area contributed by atoms with E-state index in [0.29, 0.717) is 17.9 Å². The molecule has 22 heavy (non-hydrogen) atoms. The minimum absolute atomic E-state index is 0.0849. The van der Waals surface area contributed by atoms with Gasteiger partial charge < -0.3 is 10.1 Å². The average molecular weight is 310 g/mol. The predicted octanol–water partition coefficient (Wildman–Crippen LogP) is 3.91. The van der Waals surface area contributed by atoms with E-state index in [1.54, 1.807) is 0 Å². The van der Waals surface area contributed by atoms with Gasteiger partial charge in [-0.3, -0.25) is 0 Å². The van der Waals surface area contributed by atoms with E-state index in [-0.39, 0.29) is 11.7 Å². The van der Waals surface area contributed by atoms with Crippen molar-refractivity contribution in [2.45, 2.75) is 32.7 Å². The molecule has 1 heterocycles. The van der Waals surface area contributed by atoms with Crippen molar-refractivity contribution in [2.24, 2.45) is 0 Å². The highest BCUT2D eigenvalue weighted by Gasteiger charge is 2.31. The Morgan fingerprint density at radius 3 is 2.64 bits per heavy atom. The van der Waals surface area contributed by atoms with Crippen molar-refractivity contribution in [2.75, 3.05) is 5.32 Å². The molecule has 0 saturated carbocycles. The van der Waals surface area contributed by atoms with Crippen LogP contribution in [-0.2, 0) is 6.54 Å². The number of aromatic nitrogens is 2. The standard InChI is InChI=1S/C15H15F3N3O/c1-10(2)12-5-11(6-13(7-12)22-15(16,17)18)8-21-14-9-19-3-4-20-14/h4-7,9-10H,8H2,1-2H3,(H,20,21). The van der Waals surface area contributed by atoms with E-state index in [2.05, 4.69) is 26.2 Å². The van der Waals surface area contributed by atoms with Crippen molar-refractivity contribution in [1.82, 2.24) is 9.97 Å². The molecule has 0 saturated heterocycles. The maximum absolute atomic E-state index is 12.4. The van der Waals surface area contributed by atoms with Crippen molar-refractivity contribution in [3.05, 3.63) is 47.9 Å². The monoisotopic (exact) mass is 310 g/mol. The second kappa shape index (κ2) is 6.64. The summed E-state index contributed by atoms with van der Waals surface area (Å²) in [6, 6.07) is 4.59. The molecule has 4 nitrogen and oxygen atoms in total. The maximum Gasteiger partial charge on any atom is 0.573 e. The third-order valence-electron chi connectivity index (χ3n) is 2.89. The van der Waals surface area contributed by atoms with E-state index >= 15 is 0 Å². The van der Waals surface area contributed by atoms with Gasteiger partial charge in [-0.1, -0.05) is 19.9 Å². The van der Waals surface area contributed by atoms with E-state index < -0.39 is 6.36 Å². The van der Waals surface area contributed by atoms with Crippen LogP contribution in [0.1, 0.15) is 30.9 Å². The summed E-state index contributed by atoms with van der Waals surface area (Å²) in [5.41, 5.74) is 1.44. The molecule has 0 aliphatic heterocycles. The van der Waals surface area contributed by atoms with Crippen LogP contribution in [0.3, 0.4) is 0 Å². The van der Waals surface area contributed by atoms with Crippen LogP contribution in [0, 0.1) is 6.20 Å². The lowest BCUT2D eigenvalue weighted by Crippen LogP contribution is -2.17. The van der Waals surface area contributed by atoms with Gasteiger partial charge in [-0.2, -0.15) is 0 Å². The lowest BCUT2D eigenvalue weighted by Gasteiger charge is -2.15. The van der Waals surface area contributed by atoms with Crippen LogP contribution in [0.5, 0.6) is 5.75 Å². The molecule has 2 rings (SSSR count). The molecule has 0 fully saturated rings. The summed E-state index contributed by atoms with van der Waals surface area (Å²) in [5.74, 6) is 0.386. The summed E-state index contributed by atoms with van der Waals surface area (Å²) in [6.45, 7) is 4.12. The Morgan fingerprint density at radius 2 is 2.05 bits per heavy atom. The third kappa shape index (κ3) is 4.91. The fourth-order valence-corrected chi connectivity index (χ4v) is 1.86. The molecule has 0 bridgehead atoms. The first-order valence-corrected chi connectivity index (χ1v) is 6.65. The molecule has 0 amide bonds. The summed E-state index contributed by atoms with van der Waals surface area (Å²) in [6.07, 6.45) is 0.730. The van der Waals surface area contributed by atoms with Gasteiger partial charge in [0.2, 0.25) is 0 Å². The molecule has 1 aromatic carbocycles. The number of nitrogens with zero attached hydrogens (tertiary/aromatic N) is 2. The lowest BCUT2D eigenvalue weighted by atomic mass is 10.0. The molecule has 7 heteroatoms. The molecular weight excluding hydrogens is 295 g/mol. The molecular formula is C15H15F3N3O. The molecule has 0 aliphatic carbocycles. The zero-order chi connectivity index (χ0) is 16.2. The van der Waals surface area contributed by atoms with Crippen LogP contribution >= 0.6 is 0 Å². The number of halogens is 3. The number of hydrogen-bond acceptors (Lipinski definition) is 4. The quantitative estimate of drug-likeness (QED) is 0.909. The number of rotatable bonds is 5. The van der Waals surface area contributed by atoms with Crippen LogP contribution in [-0.4, -0.2) is 16.3 Å². The average Bonchev–Trinajstić information content (AvgIpc) is 2.44. The smallest absolute Gasteiger partial charge is 0.406 e. The summed E-state index contributed by atoms with van der Waals surface area (Å²) < 4.78 is 41.2. The summed E-state index contributed by atoms with van der Waals surface area (Å²) in [5, 5.41) is 2.99. The van der Waals surface area contributed by atoms with Gasteiger partial charge in [0.05, 0.1) is 12.4 Å². The summed E-state index contributed by atoms with van der Waals surface area (Å²) >= 11 is 0. The highest BCUT2D eigenvalue weighted by atomic mass is 19.4. The van der Waals surface area contributed by atoms with Gasteiger partial charge in [0.25, 0.3) is 0 Å². The lowest BCUT2D eigenvalue weighted by molar-refractivity contribution is -0.274. The fourth-order valence-electron chi connectivity index (χ4n) is 1.86.